The number of methoxy groups -OCH3 is 1. The molecule has 2 saturated heterocycles. The Labute approximate surface area is 297 Å². The molecule has 3 fully saturated rings. The number of likely N-dealkylation sites (N-methyl/N-ethyl adjacent to an activating group) is 2. The van der Waals surface area contributed by atoms with E-state index in [1.54, 1.807) is 31.1 Å². The Morgan fingerprint density at radius 3 is 2.72 bits per heavy atom. The molecule has 1 aliphatic carbocycles. The van der Waals surface area contributed by atoms with Gasteiger partial charge in [0.2, 0.25) is 11.8 Å². The van der Waals surface area contributed by atoms with Gasteiger partial charge in [-0.1, -0.05) is 24.9 Å². The molecule has 14 heteroatoms. The van der Waals surface area contributed by atoms with E-state index in [2.05, 4.69) is 11.8 Å². The minimum absolute atomic E-state index is 0.0155. The average Bonchev–Trinajstić information content (AvgIpc) is 3.91. The number of nitrogens with two attached hydrogens (primary N) is 1. The lowest BCUT2D eigenvalue weighted by Gasteiger charge is -2.35. The first-order valence-electron chi connectivity index (χ1n) is 17.2. The highest BCUT2D eigenvalue weighted by molar-refractivity contribution is 6.32. The zero-order chi connectivity index (χ0) is 35.7. The van der Waals surface area contributed by atoms with E-state index in [9.17, 15) is 4.79 Å². The van der Waals surface area contributed by atoms with Crippen LogP contribution < -0.4 is 20.1 Å². The van der Waals surface area contributed by atoms with Crippen molar-refractivity contribution in [1.29, 1.82) is 5.41 Å². The summed E-state index contributed by atoms with van der Waals surface area (Å²) in [6.07, 6.45) is 7.68. The Balaban J connectivity index is 1.51. The number of rotatable bonds is 11. The molecule has 2 aliphatic heterocycles. The predicted molar refractivity (Wildman–Crippen MR) is 193 cm³/mol. The van der Waals surface area contributed by atoms with E-state index in [-0.39, 0.29) is 47.2 Å². The van der Waals surface area contributed by atoms with E-state index in [0.29, 0.717) is 72.2 Å². The van der Waals surface area contributed by atoms with Gasteiger partial charge in [-0.05, 0) is 62.3 Å². The quantitative estimate of drug-likeness (QED) is 0.150. The molecular formula is C36H46ClFN8O4. The molecule has 268 valence electrons. The smallest absolute Gasteiger partial charge is 0.319 e. The number of nitrogens with zero attached hydrogens (tertiary/aromatic N) is 6. The maximum atomic E-state index is 17.2. The van der Waals surface area contributed by atoms with Crippen LogP contribution in [0.4, 0.5) is 15.9 Å². The maximum absolute atomic E-state index is 17.2. The lowest BCUT2D eigenvalue weighted by molar-refractivity contribution is -0.123. The largest absolute Gasteiger partial charge is 0.480 e. The van der Waals surface area contributed by atoms with Crippen molar-refractivity contribution in [3.8, 4) is 23.1 Å². The van der Waals surface area contributed by atoms with E-state index in [1.807, 2.05) is 11.9 Å². The van der Waals surface area contributed by atoms with Crippen molar-refractivity contribution in [3.05, 3.63) is 39.7 Å². The number of carbonyl (C=O) groups is 1. The molecule has 6 rings (SSSR count). The number of amides is 1. The van der Waals surface area contributed by atoms with Crippen molar-refractivity contribution in [1.82, 2.24) is 24.8 Å². The zero-order valence-corrected chi connectivity index (χ0v) is 30.2. The summed E-state index contributed by atoms with van der Waals surface area (Å²) in [5.74, 6) is -0.0934. The van der Waals surface area contributed by atoms with Crippen LogP contribution in [0.25, 0.3) is 22.2 Å². The van der Waals surface area contributed by atoms with Crippen molar-refractivity contribution in [2.45, 2.75) is 56.9 Å². The van der Waals surface area contributed by atoms with E-state index < -0.39 is 11.4 Å². The van der Waals surface area contributed by atoms with Crippen LogP contribution >= 0.6 is 11.6 Å². The molecule has 3 N–H and O–H groups in total. The molecule has 3 aliphatic rings. The van der Waals surface area contributed by atoms with Crippen LogP contribution in [0.5, 0.6) is 11.9 Å². The number of pyridine rings is 1. The number of hydrogen-bond acceptors (Lipinski definition) is 11. The van der Waals surface area contributed by atoms with Gasteiger partial charge in [-0.2, -0.15) is 9.97 Å². The number of benzene rings is 1. The lowest BCUT2D eigenvalue weighted by Crippen LogP contribution is -2.46. The predicted octanol–water partition coefficient (Wildman–Crippen LogP) is 5.44. The standard InChI is InChI=1S/C36H46ClFN8O4/c1-6-10-36(17-21(19-45(36)4)15-26(47)44(2)3)20-50-35-42-32-29(33(43-35)46-11-7-13-49-14-12-46)34(48-5)41-31(30(32)38)28-23(18-39)25(40)16-24(37)27(28)22-8-9-22/h15-16,18,22,39H,6-14,17,19-20,40H2,1-5H3/b21-15-,39-18?. The molecule has 4 heterocycles. The second kappa shape index (κ2) is 14.7. The maximum Gasteiger partial charge on any atom is 0.319 e. The van der Waals surface area contributed by atoms with Gasteiger partial charge in [0.05, 0.1) is 19.3 Å². The van der Waals surface area contributed by atoms with Gasteiger partial charge in [-0.15, -0.1) is 0 Å². The monoisotopic (exact) mass is 708 g/mol. The molecule has 1 amide bonds. The number of hydrogen-bond donors (Lipinski definition) is 2. The molecular weight excluding hydrogens is 663 g/mol. The van der Waals surface area contributed by atoms with Gasteiger partial charge < -0.3 is 35.2 Å². The van der Waals surface area contributed by atoms with E-state index in [1.165, 1.54) is 7.11 Å². The number of aromatic nitrogens is 3. The summed E-state index contributed by atoms with van der Waals surface area (Å²) in [7, 11) is 6.98. The third-order valence-corrected chi connectivity index (χ3v) is 10.3. The number of fused-ring (bicyclic) bond motifs is 1. The number of nitrogen functional groups attached to an aromatic ring is 1. The Kier molecular flexibility index (Phi) is 10.5. The van der Waals surface area contributed by atoms with Gasteiger partial charge in [0, 0.05) is 74.5 Å². The molecule has 1 unspecified atom stereocenters. The van der Waals surface area contributed by atoms with Gasteiger partial charge in [-0.3, -0.25) is 9.69 Å². The van der Waals surface area contributed by atoms with Crippen LogP contribution in [-0.2, 0) is 9.53 Å². The van der Waals surface area contributed by atoms with Gasteiger partial charge in [-0.25, -0.2) is 9.37 Å². The molecule has 2 aromatic heterocycles. The molecule has 1 atom stereocenters. The molecule has 3 aromatic rings. The summed E-state index contributed by atoms with van der Waals surface area (Å²) < 4.78 is 35.3. The third-order valence-electron chi connectivity index (χ3n) is 9.94. The molecule has 12 nitrogen and oxygen atoms in total. The Hall–Kier alpha value is -4.07. The van der Waals surface area contributed by atoms with Crippen molar-refractivity contribution < 1.29 is 23.4 Å². The van der Waals surface area contributed by atoms with E-state index in [4.69, 9.17) is 51.9 Å². The summed E-state index contributed by atoms with van der Waals surface area (Å²) in [5, 5.41) is 8.94. The average molecular weight is 709 g/mol. The summed E-state index contributed by atoms with van der Waals surface area (Å²) in [4.78, 5) is 32.6. The summed E-state index contributed by atoms with van der Waals surface area (Å²) >= 11 is 6.74. The van der Waals surface area contributed by atoms with Crippen molar-refractivity contribution in [3.63, 3.8) is 0 Å². The third kappa shape index (κ3) is 6.82. The van der Waals surface area contributed by atoms with Gasteiger partial charge in [0.1, 0.15) is 29.0 Å². The molecule has 1 saturated carbocycles. The molecule has 1 aromatic carbocycles. The first-order chi connectivity index (χ1) is 24.0. The fourth-order valence-corrected chi connectivity index (χ4v) is 7.58. The highest BCUT2D eigenvalue weighted by Gasteiger charge is 2.42. The fraction of sp³-hybridized carbons (Fsp3) is 0.528. The van der Waals surface area contributed by atoms with Gasteiger partial charge in [0.15, 0.2) is 5.82 Å². The van der Waals surface area contributed by atoms with Crippen LogP contribution in [0.3, 0.4) is 0 Å². The first kappa shape index (κ1) is 35.7. The summed E-state index contributed by atoms with van der Waals surface area (Å²) in [6.45, 7) is 5.17. The topological polar surface area (TPSA) is 143 Å². The van der Waals surface area contributed by atoms with Gasteiger partial charge in [0.25, 0.3) is 0 Å². The van der Waals surface area contributed by atoms with E-state index in [0.717, 1.165) is 43.9 Å². The van der Waals surface area contributed by atoms with Crippen molar-refractivity contribution >= 4 is 46.1 Å². The Bertz CT molecular complexity index is 1830. The highest BCUT2D eigenvalue weighted by Crippen LogP contribution is 2.51. The number of ether oxygens (including phenoxy) is 3. The number of halogens is 2. The van der Waals surface area contributed by atoms with E-state index >= 15 is 4.39 Å². The summed E-state index contributed by atoms with van der Waals surface area (Å²) in [5.41, 5.74) is 8.56. The highest BCUT2D eigenvalue weighted by atomic mass is 35.5. The second-order valence-corrected chi connectivity index (χ2v) is 14.1. The molecule has 0 bridgehead atoms. The Morgan fingerprint density at radius 1 is 1.26 bits per heavy atom. The minimum Gasteiger partial charge on any atom is -0.480 e. The number of likely N-dealkylation sites (tertiary alicyclic amines) is 1. The van der Waals surface area contributed by atoms with Gasteiger partial charge >= 0.3 is 6.01 Å². The zero-order valence-electron chi connectivity index (χ0n) is 29.4. The molecule has 0 radical (unpaired) electrons. The lowest BCUT2D eigenvalue weighted by atomic mass is 9.90. The number of carbonyl (C=O) groups excluding carboxylic acids is 1. The van der Waals surface area contributed by atoms with Crippen LogP contribution in [0, 0.1) is 11.2 Å². The summed E-state index contributed by atoms with van der Waals surface area (Å²) in [6, 6.07) is 1.63. The van der Waals surface area contributed by atoms with Crippen LogP contribution in [0.2, 0.25) is 5.02 Å². The van der Waals surface area contributed by atoms with Crippen LogP contribution in [-0.4, -0.2) is 110 Å². The van der Waals surface area contributed by atoms with Crippen LogP contribution in [0.1, 0.15) is 62.5 Å². The SMILES string of the molecule is CCCC1(COc2nc(N3CCCOCC3)c3c(OC)nc(-c4c(C=N)c(N)cc(Cl)c4C4CC4)c(F)c3n2)C/C(=C/C(=O)N(C)C)CN1C. The fourth-order valence-electron chi connectivity index (χ4n) is 7.21. The second-order valence-electron chi connectivity index (χ2n) is 13.7. The molecule has 50 heavy (non-hydrogen) atoms. The Morgan fingerprint density at radius 2 is 2.04 bits per heavy atom. The number of nitrogens with one attached hydrogen (secondary N) is 1. The van der Waals surface area contributed by atoms with Crippen molar-refractivity contribution in [2.75, 3.05) is 78.3 Å². The molecule has 0 spiro atoms. The normalized spacial score (nSPS) is 20.7. The van der Waals surface area contributed by atoms with Crippen LogP contribution in [0.15, 0.2) is 17.7 Å². The minimum atomic E-state index is -0.708. The first-order valence-corrected chi connectivity index (χ1v) is 17.5. The number of anilines is 2. The van der Waals surface area contributed by atoms with Crippen molar-refractivity contribution in [2.24, 2.45) is 0 Å².